The molecule has 0 spiro atoms. The van der Waals surface area contributed by atoms with Gasteiger partial charge in [0.1, 0.15) is 22.3 Å². The molecule has 2 atom stereocenters. The van der Waals surface area contributed by atoms with Crippen LogP contribution in [-0.4, -0.2) is 42.4 Å². The molecule has 0 radical (unpaired) electrons. The molecule has 11 heteroatoms. The van der Waals surface area contributed by atoms with E-state index in [4.69, 9.17) is 9.47 Å². The van der Waals surface area contributed by atoms with E-state index < -0.39 is 10.0 Å². The number of ether oxygens (including phenoxy) is 2. The molecule has 0 aliphatic carbocycles. The van der Waals surface area contributed by atoms with E-state index in [0.29, 0.717) is 41.6 Å². The molecule has 1 aromatic heterocycles. The predicted octanol–water partition coefficient (Wildman–Crippen LogP) is 5.97. The number of piperidine rings is 1. The first kappa shape index (κ1) is 31.5. The van der Waals surface area contributed by atoms with E-state index in [-0.39, 0.29) is 22.5 Å². The summed E-state index contributed by atoms with van der Waals surface area (Å²) < 4.78 is 39.8. The third-order valence-electron chi connectivity index (χ3n) is 7.21. The number of nitrogens with one attached hydrogen (secondary N) is 2. The molecule has 1 aliphatic rings. The molecule has 3 aromatic carbocycles. The van der Waals surface area contributed by atoms with Crippen molar-refractivity contribution >= 4 is 49.9 Å². The lowest BCUT2D eigenvalue weighted by molar-refractivity contribution is 0.0951. The van der Waals surface area contributed by atoms with Crippen LogP contribution in [0.1, 0.15) is 39.2 Å². The quantitative estimate of drug-likeness (QED) is 0.106. The van der Waals surface area contributed by atoms with E-state index in [1.807, 2.05) is 42.5 Å². The lowest BCUT2D eigenvalue weighted by atomic mass is 10.1. The van der Waals surface area contributed by atoms with Crippen molar-refractivity contribution < 1.29 is 22.7 Å². The Balaban J connectivity index is 1.09. The van der Waals surface area contributed by atoms with Crippen LogP contribution >= 0.6 is 33.9 Å². The van der Waals surface area contributed by atoms with Crippen LogP contribution in [0, 0.1) is 0 Å². The Hall–Kier alpha value is -2.97. The smallest absolute Gasteiger partial charge is 0.253 e. The molecule has 2 unspecified atom stereocenters. The Morgan fingerprint density at radius 1 is 0.953 bits per heavy atom. The third kappa shape index (κ3) is 8.36. The number of carbonyl (C=O) groups is 1. The van der Waals surface area contributed by atoms with Gasteiger partial charge in [-0.3, -0.25) is 4.79 Å². The molecule has 0 bridgehead atoms. The summed E-state index contributed by atoms with van der Waals surface area (Å²) in [6.45, 7) is 1.93. The van der Waals surface area contributed by atoms with Crippen molar-refractivity contribution in [2.75, 3.05) is 13.7 Å². The fourth-order valence-electron chi connectivity index (χ4n) is 4.80. The summed E-state index contributed by atoms with van der Waals surface area (Å²) >= 11 is 3.42. The molecular weight excluding hydrogens is 697 g/mol. The van der Waals surface area contributed by atoms with E-state index in [0.717, 1.165) is 28.2 Å². The minimum atomic E-state index is -3.64. The van der Waals surface area contributed by atoms with Gasteiger partial charge in [0.15, 0.2) is 0 Å². The fraction of sp³-hybridized carbons (Fsp3) is 0.281. The van der Waals surface area contributed by atoms with Crippen LogP contribution in [0.4, 0.5) is 0 Å². The summed E-state index contributed by atoms with van der Waals surface area (Å²) in [5.41, 5.74) is 2.76. The van der Waals surface area contributed by atoms with Gasteiger partial charge in [0.25, 0.3) is 15.9 Å². The van der Waals surface area contributed by atoms with E-state index in [9.17, 15) is 13.2 Å². The number of amides is 1. The molecule has 0 saturated carbocycles. The summed E-state index contributed by atoms with van der Waals surface area (Å²) in [5.74, 6) is 1.18. The molecule has 5 rings (SSSR count). The zero-order valence-corrected chi connectivity index (χ0v) is 27.5. The van der Waals surface area contributed by atoms with Crippen molar-refractivity contribution in [2.45, 2.75) is 46.8 Å². The lowest BCUT2D eigenvalue weighted by Gasteiger charge is -2.35. The maximum absolute atomic E-state index is 13.5. The van der Waals surface area contributed by atoms with Crippen LogP contribution in [0.5, 0.6) is 11.5 Å². The van der Waals surface area contributed by atoms with Crippen LogP contribution in [-0.2, 0) is 29.7 Å². The summed E-state index contributed by atoms with van der Waals surface area (Å²) in [4.78, 5) is 13.3. The highest BCUT2D eigenvalue weighted by Gasteiger charge is 2.36. The van der Waals surface area contributed by atoms with Gasteiger partial charge in [-0.1, -0.05) is 71.1 Å². The van der Waals surface area contributed by atoms with Gasteiger partial charge in [0, 0.05) is 29.6 Å². The van der Waals surface area contributed by atoms with Crippen LogP contribution < -0.4 is 20.1 Å². The number of hydrogen-bond donors (Lipinski definition) is 2. The number of halogens is 1. The minimum absolute atomic E-state index is 0.166. The van der Waals surface area contributed by atoms with E-state index in [1.54, 1.807) is 47.8 Å². The molecule has 1 aliphatic heterocycles. The number of alkyl halides is 1. The van der Waals surface area contributed by atoms with Crippen molar-refractivity contribution in [3.8, 4) is 11.5 Å². The molecule has 226 valence electrons. The van der Waals surface area contributed by atoms with E-state index >= 15 is 0 Å². The Labute approximate surface area is 270 Å². The number of sulfonamides is 1. The molecule has 2 N–H and O–H groups in total. The first-order valence-electron chi connectivity index (χ1n) is 14.0. The topological polar surface area (TPSA) is 97.0 Å². The van der Waals surface area contributed by atoms with E-state index in [1.165, 1.54) is 11.3 Å². The molecule has 1 amide bonds. The Morgan fingerprint density at radius 3 is 2.49 bits per heavy atom. The third-order valence-corrected chi connectivity index (χ3v) is 12.2. The molecule has 1 fully saturated rings. The summed E-state index contributed by atoms with van der Waals surface area (Å²) in [6.07, 6.45) is 1.44. The number of thiophene rings is 1. The summed E-state index contributed by atoms with van der Waals surface area (Å²) in [5, 5.41) is 6.46. The van der Waals surface area contributed by atoms with Gasteiger partial charge in [-0.15, -0.1) is 11.3 Å². The standard InChI is InChI=1S/C32H34IN3O5S2/c1-40-28-9-5-8-25(18-28)32(37)35-21-29-14-15-31(42-29)43(38,39)36-17-16-26(19-30(36)33)34-20-23-10-12-27(13-11-23)41-22-24-6-3-2-4-7-24/h2-15,18,26,30,34H,16-17,19-22H2,1H3,(H,35,37). The van der Waals surface area contributed by atoms with Gasteiger partial charge in [0.2, 0.25) is 0 Å². The Bertz CT molecular complexity index is 1610. The van der Waals surface area contributed by atoms with Crippen LogP contribution in [0.2, 0.25) is 0 Å². The Kier molecular flexibility index (Phi) is 10.7. The highest BCUT2D eigenvalue weighted by Crippen LogP contribution is 2.32. The SMILES string of the molecule is COc1cccc(C(=O)NCc2ccc(S(=O)(=O)N3CCC(NCc4ccc(OCc5ccccc5)cc4)CC3I)s2)c1. The second kappa shape index (κ2) is 14.7. The van der Waals surface area contributed by atoms with Crippen molar-refractivity contribution in [2.24, 2.45) is 0 Å². The van der Waals surface area contributed by atoms with Crippen LogP contribution in [0.15, 0.2) is 95.2 Å². The van der Waals surface area contributed by atoms with Gasteiger partial charge in [-0.05, 0) is 66.4 Å². The number of nitrogens with zero attached hydrogens (tertiary/aromatic N) is 1. The average Bonchev–Trinajstić information content (AvgIpc) is 3.53. The highest BCUT2D eigenvalue weighted by atomic mass is 127. The number of hydrogen-bond acceptors (Lipinski definition) is 7. The van der Waals surface area contributed by atoms with Crippen molar-refractivity contribution in [1.82, 2.24) is 14.9 Å². The second-order valence-corrected chi connectivity index (χ2v) is 14.9. The molecule has 8 nitrogen and oxygen atoms in total. The molecule has 4 aromatic rings. The molecule has 1 saturated heterocycles. The Morgan fingerprint density at radius 2 is 1.74 bits per heavy atom. The monoisotopic (exact) mass is 731 g/mol. The maximum atomic E-state index is 13.5. The zero-order valence-electron chi connectivity index (χ0n) is 23.7. The maximum Gasteiger partial charge on any atom is 0.253 e. The largest absolute Gasteiger partial charge is 0.497 e. The van der Waals surface area contributed by atoms with Crippen LogP contribution in [0.25, 0.3) is 0 Å². The number of benzene rings is 3. The van der Waals surface area contributed by atoms with Crippen LogP contribution in [0.3, 0.4) is 0 Å². The summed E-state index contributed by atoms with van der Waals surface area (Å²) in [6, 6.07) is 28.7. The molecule has 2 heterocycles. The summed E-state index contributed by atoms with van der Waals surface area (Å²) in [7, 11) is -2.09. The van der Waals surface area contributed by atoms with Crippen molar-refractivity contribution in [1.29, 1.82) is 0 Å². The van der Waals surface area contributed by atoms with Crippen molar-refractivity contribution in [3.05, 3.63) is 113 Å². The highest BCUT2D eigenvalue weighted by molar-refractivity contribution is 14.1. The second-order valence-electron chi connectivity index (χ2n) is 10.2. The number of methoxy groups -OCH3 is 1. The predicted molar refractivity (Wildman–Crippen MR) is 177 cm³/mol. The lowest BCUT2D eigenvalue weighted by Crippen LogP contribution is -2.48. The van der Waals surface area contributed by atoms with Gasteiger partial charge >= 0.3 is 0 Å². The molecular formula is C32H34IN3O5S2. The van der Waals surface area contributed by atoms with Crippen molar-refractivity contribution in [3.63, 3.8) is 0 Å². The minimum Gasteiger partial charge on any atom is -0.497 e. The van der Waals surface area contributed by atoms with Gasteiger partial charge in [-0.25, -0.2) is 8.42 Å². The van der Waals surface area contributed by atoms with E-state index in [2.05, 4.69) is 45.4 Å². The normalized spacial score (nSPS) is 17.3. The first-order valence-corrected chi connectivity index (χ1v) is 17.5. The number of rotatable bonds is 12. The molecule has 43 heavy (non-hydrogen) atoms. The zero-order chi connectivity index (χ0) is 30.2. The first-order chi connectivity index (χ1) is 20.8. The van der Waals surface area contributed by atoms with Gasteiger partial charge < -0.3 is 20.1 Å². The number of carbonyl (C=O) groups excluding carboxylic acids is 1. The fourth-order valence-corrected chi connectivity index (χ4v) is 9.50. The van der Waals surface area contributed by atoms with Gasteiger partial charge in [0.05, 0.1) is 17.7 Å². The van der Waals surface area contributed by atoms with Gasteiger partial charge in [-0.2, -0.15) is 4.31 Å². The average molecular weight is 732 g/mol.